The van der Waals surface area contributed by atoms with Gasteiger partial charge in [0, 0.05) is 36.3 Å². The number of nitrogens with zero attached hydrogens (tertiary/aromatic N) is 2. The molecule has 5 heteroatoms. The second-order valence-corrected chi connectivity index (χ2v) is 7.24. The van der Waals surface area contributed by atoms with Gasteiger partial charge in [0.25, 0.3) is 0 Å². The van der Waals surface area contributed by atoms with Crippen LogP contribution in [0.2, 0.25) is 0 Å². The van der Waals surface area contributed by atoms with Crippen LogP contribution in [0, 0.1) is 5.92 Å². The van der Waals surface area contributed by atoms with Gasteiger partial charge in [0.2, 0.25) is 0 Å². The molecule has 2 fully saturated rings. The topological polar surface area (TPSA) is 27.7 Å². The van der Waals surface area contributed by atoms with E-state index in [1.807, 2.05) is 7.05 Å². The molecule has 0 aromatic heterocycles. The molecule has 1 aromatic carbocycles. The molecule has 0 bridgehead atoms. The quantitative estimate of drug-likeness (QED) is 0.864. The van der Waals surface area contributed by atoms with Gasteiger partial charge in [0.05, 0.1) is 13.2 Å². The fourth-order valence-corrected chi connectivity index (χ4v) is 3.87. The van der Waals surface area contributed by atoms with Crippen LogP contribution in [-0.2, 0) is 11.3 Å². The molecule has 0 amide bonds. The molecule has 0 saturated carbocycles. The van der Waals surface area contributed by atoms with Gasteiger partial charge < -0.3 is 15.0 Å². The van der Waals surface area contributed by atoms with Crippen LogP contribution in [0.15, 0.2) is 22.7 Å². The van der Waals surface area contributed by atoms with Crippen molar-refractivity contribution in [1.29, 1.82) is 0 Å². The van der Waals surface area contributed by atoms with Crippen molar-refractivity contribution in [3.05, 3.63) is 28.2 Å². The first kappa shape index (κ1) is 16.2. The van der Waals surface area contributed by atoms with Crippen LogP contribution in [0.5, 0.6) is 0 Å². The first-order valence-electron chi connectivity index (χ1n) is 8.24. The second kappa shape index (κ2) is 7.77. The minimum atomic E-state index is 0.798. The normalized spacial score (nSPS) is 23.2. The number of anilines is 1. The van der Waals surface area contributed by atoms with Crippen LogP contribution in [0.1, 0.15) is 12.0 Å². The summed E-state index contributed by atoms with van der Waals surface area (Å²) in [7, 11) is 2.05. The maximum atomic E-state index is 5.49. The van der Waals surface area contributed by atoms with Crippen LogP contribution < -0.4 is 10.2 Å². The number of ether oxygens (including phenoxy) is 1. The largest absolute Gasteiger partial charge is 0.378 e. The number of hydrogen-bond donors (Lipinski definition) is 1. The molecule has 1 N–H and O–H groups in total. The fourth-order valence-electron chi connectivity index (χ4n) is 3.52. The maximum absolute atomic E-state index is 5.49. The molecule has 0 spiro atoms. The summed E-state index contributed by atoms with van der Waals surface area (Å²) in [6, 6.07) is 6.71. The van der Waals surface area contributed by atoms with Crippen molar-refractivity contribution < 1.29 is 4.74 Å². The third-order valence-electron chi connectivity index (χ3n) is 4.66. The van der Waals surface area contributed by atoms with Crippen LogP contribution in [0.4, 0.5) is 5.69 Å². The Morgan fingerprint density at radius 2 is 2.09 bits per heavy atom. The van der Waals surface area contributed by atoms with Crippen LogP contribution in [0.25, 0.3) is 0 Å². The zero-order chi connectivity index (χ0) is 15.4. The van der Waals surface area contributed by atoms with Gasteiger partial charge in [-0.15, -0.1) is 0 Å². The second-order valence-electron chi connectivity index (χ2n) is 6.32. The summed E-state index contributed by atoms with van der Waals surface area (Å²) in [6.07, 6.45) is 1.31. The summed E-state index contributed by atoms with van der Waals surface area (Å²) in [4.78, 5) is 5.06. The average molecular weight is 368 g/mol. The molecule has 0 radical (unpaired) electrons. The Morgan fingerprint density at radius 3 is 2.86 bits per heavy atom. The average Bonchev–Trinajstić information content (AvgIpc) is 2.98. The SMILES string of the molecule is CNCC1CCN(Cc2ccc(Br)cc2N2CCOCC2)C1. The first-order chi connectivity index (χ1) is 10.8. The number of halogens is 1. The molecule has 0 aliphatic carbocycles. The summed E-state index contributed by atoms with van der Waals surface area (Å²) < 4.78 is 6.65. The highest BCUT2D eigenvalue weighted by atomic mass is 79.9. The smallest absolute Gasteiger partial charge is 0.0642 e. The van der Waals surface area contributed by atoms with E-state index in [-0.39, 0.29) is 0 Å². The van der Waals surface area contributed by atoms with Crippen molar-refractivity contribution in [2.45, 2.75) is 13.0 Å². The highest BCUT2D eigenvalue weighted by molar-refractivity contribution is 9.10. The lowest BCUT2D eigenvalue weighted by molar-refractivity contribution is 0.122. The molecule has 2 saturated heterocycles. The number of nitrogens with one attached hydrogen (secondary N) is 1. The van der Waals surface area contributed by atoms with Crippen LogP contribution in [-0.4, -0.2) is 57.9 Å². The van der Waals surface area contributed by atoms with Gasteiger partial charge in [-0.2, -0.15) is 0 Å². The lowest BCUT2D eigenvalue weighted by atomic mass is 10.1. The Hall–Kier alpha value is -0.620. The van der Waals surface area contributed by atoms with Crippen molar-refractivity contribution in [3.63, 3.8) is 0 Å². The molecule has 3 rings (SSSR count). The molecule has 1 atom stereocenters. The van der Waals surface area contributed by atoms with Crippen LogP contribution >= 0.6 is 15.9 Å². The summed E-state index contributed by atoms with van der Waals surface area (Å²) in [6.45, 7) is 8.26. The van der Waals surface area contributed by atoms with Gasteiger partial charge in [0.1, 0.15) is 0 Å². The lowest BCUT2D eigenvalue weighted by Crippen LogP contribution is -2.37. The van der Waals surface area contributed by atoms with Crippen molar-refractivity contribution in [2.75, 3.05) is 57.9 Å². The molecular weight excluding hydrogens is 342 g/mol. The third kappa shape index (κ3) is 4.02. The van der Waals surface area contributed by atoms with E-state index in [0.29, 0.717) is 0 Å². The van der Waals surface area contributed by atoms with Gasteiger partial charge in [-0.1, -0.05) is 22.0 Å². The van der Waals surface area contributed by atoms with E-state index in [0.717, 1.165) is 49.8 Å². The van der Waals surface area contributed by atoms with E-state index in [4.69, 9.17) is 4.74 Å². The third-order valence-corrected chi connectivity index (χ3v) is 5.15. The Morgan fingerprint density at radius 1 is 1.27 bits per heavy atom. The molecule has 4 nitrogen and oxygen atoms in total. The Labute approximate surface area is 141 Å². The highest BCUT2D eigenvalue weighted by Gasteiger charge is 2.23. The minimum absolute atomic E-state index is 0.798. The summed E-state index contributed by atoms with van der Waals surface area (Å²) in [5.41, 5.74) is 2.81. The minimum Gasteiger partial charge on any atom is -0.378 e. The highest BCUT2D eigenvalue weighted by Crippen LogP contribution is 2.28. The Bertz CT molecular complexity index is 491. The van der Waals surface area contributed by atoms with Gasteiger partial charge in [-0.05, 0) is 50.2 Å². The molecule has 2 heterocycles. The molecule has 22 heavy (non-hydrogen) atoms. The van der Waals surface area contributed by atoms with E-state index in [1.54, 1.807) is 0 Å². The van der Waals surface area contributed by atoms with Gasteiger partial charge in [-0.25, -0.2) is 0 Å². The maximum Gasteiger partial charge on any atom is 0.0642 e. The van der Waals surface area contributed by atoms with E-state index in [2.05, 4.69) is 49.2 Å². The summed E-state index contributed by atoms with van der Waals surface area (Å²) in [5.74, 6) is 0.798. The fraction of sp³-hybridized carbons (Fsp3) is 0.647. The van der Waals surface area contributed by atoms with Crippen molar-refractivity contribution in [2.24, 2.45) is 5.92 Å². The van der Waals surface area contributed by atoms with E-state index >= 15 is 0 Å². The molecular formula is C17H26BrN3O. The number of likely N-dealkylation sites (tertiary alicyclic amines) is 1. The van der Waals surface area contributed by atoms with Crippen molar-refractivity contribution in [1.82, 2.24) is 10.2 Å². The summed E-state index contributed by atoms with van der Waals surface area (Å²) >= 11 is 3.63. The predicted molar refractivity (Wildman–Crippen MR) is 94.5 cm³/mol. The van der Waals surface area contributed by atoms with E-state index < -0.39 is 0 Å². The molecule has 122 valence electrons. The number of morpholine rings is 1. The van der Waals surface area contributed by atoms with Gasteiger partial charge in [0.15, 0.2) is 0 Å². The van der Waals surface area contributed by atoms with Crippen molar-refractivity contribution in [3.8, 4) is 0 Å². The van der Waals surface area contributed by atoms with Crippen LogP contribution in [0.3, 0.4) is 0 Å². The molecule has 2 aliphatic heterocycles. The lowest BCUT2D eigenvalue weighted by Gasteiger charge is -2.31. The standard InChI is InChI=1S/C17H26BrN3O/c1-19-11-14-4-5-20(12-14)13-15-2-3-16(18)10-17(15)21-6-8-22-9-7-21/h2-3,10,14,19H,4-9,11-13H2,1H3. The Balaban J connectivity index is 1.70. The summed E-state index contributed by atoms with van der Waals surface area (Å²) in [5, 5.41) is 3.31. The zero-order valence-electron chi connectivity index (χ0n) is 13.4. The number of rotatable bonds is 5. The zero-order valence-corrected chi connectivity index (χ0v) is 14.9. The van der Waals surface area contributed by atoms with E-state index in [1.165, 1.54) is 30.8 Å². The Kier molecular flexibility index (Phi) is 5.74. The first-order valence-corrected chi connectivity index (χ1v) is 9.03. The molecule has 2 aliphatic rings. The van der Waals surface area contributed by atoms with Gasteiger partial charge >= 0.3 is 0 Å². The van der Waals surface area contributed by atoms with Crippen molar-refractivity contribution >= 4 is 21.6 Å². The molecule has 1 unspecified atom stereocenters. The number of benzene rings is 1. The van der Waals surface area contributed by atoms with E-state index in [9.17, 15) is 0 Å². The van der Waals surface area contributed by atoms with Gasteiger partial charge in [-0.3, -0.25) is 4.90 Å². The number of hydrogen-bond acceptors (Lipinski definition) is 4. The monoisotopic (exact) mass is 367 g/mol. The molecule has 1 aromatic rings. The predicted octanol–water partition coefficient (Wildman–Crippen LogP) is 2.33.